The van der Waals surface area contributed by atoms with Crippen LogP contribution in [0.15, 0.2) is 24.3 Å². The minimum atomic E-state index is -0.841. The van der Waals surface area contributed by atoms with Gasteiger partial charge in [-0.25, -0.2) is 4.79 Å². The molecule has 0 bridgehead atoms. The second-order valence-corrected chi connectivity index (χ2v) is 4.88. The van der Waals surface area contributed by atoms with Crippen molar-refractivity contribution in [3.63, 3.8) is 0 Å². The third-order valence-electron chi connectivity index (χ3n) is 3.40. The average molecular weight is 249 g/mol. The van der Waals surface area contributed by atoms with Crippen LogP contribution in [0.4, 0.5) is 16.2 Å². The zero-order valence-corrected chi connectivity index (χ0v) is 10.7. The maximum absolute atomic E-state index is 11.2. The van der Waals surface area contributed by atoms with Crippen molar-refractivity contribution in [3.8, 4) is 0 Å². The molecule has 1 fully saturated rings. The van der Waals surface area contributed by atoms with E-state index in [2.05, 4.69) is 4.90 Å². The first-order valence-corrected chi connectivity index (χ1v) is 6.11. The Balaban J connectivity index is 2.15. The van der Waals surface area contributed by atoms with Crippen molar-refractivity contribution in [3.05, 3.63) is 24.3 Å². The highest BCUT2D eigenvalue weighted by molar-refractivity contribution is 5.67. The number of hydrogen-bond acceptors (Lipinski definition) is 3. The number of hydrogen-bond donors (Lipinski definition) is 2. The predicted octanol–water partition coefficient (Wildman–Crippen LogP) is 1.85. The molecule has 0 spiro atoms. The topological polar surface area (TPSA) is 69.8 Å². The van der Waals surface area contributed by atoms with Gasteiger partial charge in [0.05, 0.1) is 12.1 Å². The molecule has 1 aliphatic heterocycles. The minimum Gasteiger partial charge on any atom is -0.465 e. The fourth-order valence-corrected chi connectivity index (χ4v) is 2.60. The number of piperazine rings is 1. The number of carbonyl (C=O) groups is 1. The second-order valence-electron chi connectivity index (χ2n) is 4.88. The molecule has 2 unspecified atom stereocenters. The van der Waals surface area contributed by atoms with Gasteiger partial charge in [-0.1, -0.05) is 0 Å². The van der Waals surface area contributed by atoms with E-state index < -0.39 is 6.09 Å². The molecule has 1 saturated heterocycles. The summed E-state index contributed by atoms with van der Waals surface area (Å²) in [5.41, 5.74) is 7.50. The zero-order chi connectivity index (χ0) is 13.3. The Morgan fingerprint density at radius 1 is 1.22 bits per heavy atom. The lowest BCUT2D eigenvalue weighted by atomic mass is 10.1. The summed E-state index contributed by atoms with van der Waals surface area (Å²) in [4.78, 5) is 14.9. The number of nitrogen functional groups attached to an aromatic ring is 1. The Bertz CT molecular complexity index is 420. The van der Waals surface area contributed by atoms with Crippen LogP contribution in [0.5, 0.6) is 0 Å². The third kappa shape index (κ3) is 2.34. The van der Waals surface area contributed by atoms with Crippen molar-refractivity contribution in [1.82, 2.24) is 4.90 Å². The van der Waals surface area contributed by atoms with Crippen LogP contribution >= 0.6 is 0 Å². The van der Waals surface area contributed by atoms with Crippen LogP contribution in [0.1, 0.15) is 13.8 Å². The third-order valence-corrected chi connectivity index (χ3v) is 3.40. The lowest BCUT2D eigenvalue weighted by Crippen LogP contribution is -2.58. The van der Waals surface area contributed by atoms with Crippen molar-refractivity contribution in [2.24, 2.45) is 0 Å². The van der Waals surface area contributed by atoms with E-state index in [1.807, 2.05) is 38.1 Å². The highest BCUT2D eigenvalue weighted by Crippen LogP contribution is 2.23. The Morgan fingerprint density at radius 3 is 2.17 bits per heavy atom. The van der Waals surface area contributed by atoms with E-state index in [1.165, 1.54) is 4.90 Å². The van der Waals surface area contributed by atoms with Gasteiger partial charge in [-0.15, -0.1) is 0 Å². The first kappa shape index (κ1) is 12.5. The van der Waals surface area contributed by atoms with Gasteiger partial charge in [0.2, 0.25) is 0 Å². The molecule has 2 atom stereocenters. The van der Waals surface area contributed by atoms with Gasteiger partial charge in [0.15, 0.2) is 0 Å². The van der Waals surface area contributed by atoms with Gasteiger partial charge in [0.1, 0.15) is 0 Å². The SMILES string of the molecule is CC1CN(c2ccc(N)cc2)CC(C)N1C(=O)O. The van der Waals surface area contributed by atoms with Crippen LogP contribution in [0, 0.1) is 0 Å². The van der Waals surface area contributed by atoms with E-state index >= 15 is 0 Å². The molecule has 5 nitrogen and oxygen atoms in total. The van der Waals surface area contributed by atoms with Gasteiger partial charge in [0, 0.05) is 24.5 Å². The smallest absolute Gasteiger partial charge is 0.407 e. The number of amides is 1. The summed E-state index contributed by atoms with van der Waals surface area (Å²) in [5.74, 6) is 0. The van der Waals surface area contributed by atoms with Crippen LogP contribution < -0.4 is 10.6 Å². The molecular formula is C13H19N3O2. The molecule has 0 aliphatic carbocycles. The first-order valence-electron chi connectivity index (χ1n) is 6.11. The lowest BCUT2D eigenvalue weighted by molar-refractivity contribution is 0.0983. The summed E-state index contributed by atoms with van der Waals surface area (Å²) in [7, 11) is 0. The van der Waals surface area contributed by atoms with Crippen LogP contribution in [-0.4, -0.2) is 41.3 Å². The van der Waals surface area contributed by atoms with E-state index in [4.69, 9.17) is 10.8 Å². The Hall–Kier alpha value is -1.91. The van der Waals surface area contributed by atoms with Crippen molar-refractivity contribution in [2.45, 2.75) is 25.9 Å². The molecular weight excluding hydrogens is 230 g/mol. The van der Waals surface area contributed by atoms with Gasteiger partial charge in [-0.2, -0.15) is 0 Å². The molecule has 0 aromatic heterocycles. The van der Waals surface area contributed by atoms with Gasteiger partial charge in [-0.05, 0) is 38.1 Å². The van der Waals surface area contributed by atoms with E-state index in [-0.39, 0.29) is 12.1 Å². The molecule has 1 heterocycles. The summed E-state index contributed by atoms with van der Waals surface area (Å²) >= 11 is 0. The van der Waals surface area contributed by atoms with Gasteiger partial charge in [0.25, 0.3) is 0 Å². The number of rotatable bonds is 1. The maximum Gasteiger partial charge on any atom is 0.407 e. The van der Waals surface area contributed by atoms with E-state index in [0.717, 1.165) is 11.4 Å². The van der Waals surface area contributed by atoms with Crippen LogP contribution in [0.25, 0.3) is 0 Å². The molecule has 1 amide bonds. The van der Waals surface area contributed by atoms with Crippen molar-refractivity contribution in [1.29, 1.82) is 0 Å². The van der Waals surface area contributed by atoms with Gasteiger partial charge < -0.3 is 15.7 Å². The summed E-state index contributed by atoms with van der Waals surface area (Å²) in [6, 6.07) is 7.67. The van der Waals surface area contributed by atoms with Crippen LogP contribution in [0.3, 0.4) is 0 Å². The molecule has 18 heavy (non-hydrogen) atoms. The molecule has 1 aromatic rings. The molecule has 1 aliphatic rings. The summed E-state index contributed by atoms with van der Waals surface area (Å²) in [6.07, 6.45) is -0.841. The normalized spacial score (nSPS) is 24.1. The number of nitrogens with two attached hydrogens (primary N) is 1. The van der Waals surface area contributed by atoms with Crippen molar-refractivity contribution in [2.75, 3.05) is 23.7 Å². The second kappa shape index (κ2) is 4.76. The predicted molar refractivity (Wildman–Crippen MR) is 71.9 cm³/mol. The van der Waals surface area contributed by atoms with Crippen LogP contribution in [-0.2, 0) is 0 Å². The molecule has 2 rings (SSSR count). The molecule has 0 saturated carbocycles. The van der Waals surface area contributed by atoms with Crippen molar-refractivity contribution >= 4 is 17.5 Å². The summed E-state index contributed by atoms with van der Waals surface area (Å²) < 4.78 is 0. The van der Waals surface area contributed by atoms with E-state index in [9.17, 15) is 4.79 Å². The molecule has 98 valence electrons. The first-order chi connectivity index (χ1) is 8.49. The van der Waals surface area contributed by atoms with Gasteiger partial charge in [-0.3, -0.25) is 4.90 Å². The maximum atomic E-state index is 11.2. The lowest BCUT2D eigenvalue weighted by Gasteiger charge is -2.43. The Labute approximate surface area is 107 Å². The molecule has 1 aromatic carbocycles. The fraction of sp³-hybridized carbons (Fsp3) is 0.462. The molecule has 5 heteroatoms. The molecule has 3 N–H and O–H groups in total. The van der Waals surface area contributed by atoms with Gasteiger partial charge >= 0.3 is 6.09 Å². The number of nitrogens with zero attached hydrogens (tertiary/aromatic N) is 2. The summed E-state index contributed by atoms with van der Waals surface area (Å²) in [6.45, 7) is 5.29. The standard InChI is InChI=1S/C13H19N3O2/c1-9-7-15(8-10(2)16(9)13(17)18)12-5-3-11(14)4-6-12/h3-6,9-10H,7-8,14H2,1-2H3,(H,17,18). The quantitative estimate of drug-likeness (QED) is 0.745. The van der Waals surface area contributed by atoms with E-state index in [1.54, 1.807) is 0 Å². The number of carboxylic acid groups (broad SMARTS) is 1. The van der Waals surface area contributed by atoms with Crippen LogP contribution in [0.2, 0.25) is 0 Å². The van der Waals surface area contributed by atoms with E-state index in [0.29, 0.717) is 13.1 Å². The average Bonchev–Trinajstić information content (AvgIpc) is 2.28. The number of benzene rings is 1. The molecule has 0 radical (unpaired) electrons. The largest absolute Gasteiger partial charge is 0.465 e. The minimum absolute atomic E-state index is 0.0104. The Morgan fingerprint density at radius 2 is 1.72 bits per heavy atom. The highest BCUT2D eigenvalue weighted by atomic mass is 16.4. The van der Waals surface area contributed by atoms with Crippen molar-refractivity contribution < 1.29 is 9.90 Å². The number of anilines is 2. The fourth-order valence-electron chi connectivity index (χ4n) is 2.60. The Kier molecular flexibility index (Phi) is 3.32. The zero-order valence-electron chi connectivity index (χ0n) is 10.7. The monoisotopic (exact) mass is 249 g/mol. The summed E-state index contributed by atoms with van der Waals surface area (Å²) in [5, 5.41) is 9.16. The highest BCUT2D eigenvalue weighted by Gasteiger charge is 2.32.